The van der Waals surface area contributed by atoms with E-state index in [9.17, 15) is 0 Å². The minimum absolute atomic E-state index is 0.100. The third-order valence-electron chi connectivity index (χ3n) is 8.28. The second-order valence-electron chi connectivity index (χ2n) is 13.8. The van der Waals surface area contributed by atoms with Crippen molar-refractivity contribution < 1.29 is 23.5 Å². The summed E-state index contributed by atoms with van der Waals surface area (Å²) < 4.78 is 26.9. The second kappa shape index (κ2) is 10.7. The predicted molar refractivity (Wildman–Crippen MR) is 157 cm³/mol. The number of hydrogen-bond acceptors (Lipinski definition) is 6. The molecule has 3 aliphatic heterocycles. The Hall–Kier alpha value is -1.58. The maximum atomic E-state index is 7.32. The molecule has 3 fully saturated rings. The van der Waals surface area contributed by atoms with E-state index in [2.05, 4.69) is 107 Å². The van der Waals surface area contributed by atoms with Crippen LogP contribution in [0.4, 0.5) is 0 Å². The van der Waals surface area contributed by atoms with Gasteiger partial charge in [0.1, 0.15) is 12.2 Å². The molecule has 5 rings (SSSR count). The molecule has 3 heterocycles. The molecule has 3 aliphatic rings. The molecule has 0 unspecified atom stereocenters. The third-order valence-corrected chi connectivity index (χ3v) is 13.3. The largest absolute Gasteiger partial charge is 0.405 e. The molecular formula is C32H47NO5Si. The SMILES string of the molecule is CC(C)(C)O[C@H]1CCN2O[C@H]3[C@H](COC(C)(C)O[C@H]3CO[Si](c3ccccc3)(c3ccccc3)C(C)(C)C)[C@@H]12. The van der Waals surface area contributed by atoms with Crippen LogP contribution in [0.2, 0.25) is 5.04 Å². The molecule has 0 radical (unpaired) electrons. The van der Waals surface area contributed by atoms with Crippen molar-refractivity contribution >= 4 is 18.7 Å². The van der Waals surface area contributed by atoms with Crippen LogP contribution >= 0.6 is 0 Å². The monoisotopic (exact) mass is 553 g/mol. The molecule has 5 atom stereocenters. The van der Waals surface area contributed by atoms with Crippen LogP contribution in [-0.4, -0.2) is 68.9 Å². The van der Waals surface area contributed by atoms with Crippen molar-refractivity contribution in [2.24, 2.45) is 5.92 Å². The fourth-order valence-corrected chi connectivity index (χ4v) is 11.4. The zero-order valence-electron chi connectivity index (χ0n) is 25.0. The van der Waals surface area contributed by atoms with Crippen LogP contribution in [-0.2, 0) is 23.5 Å². The lowest BCUT2D eigenvalue weighted by Crippen LogP contribution is -2.67. The Morgan fingerprint density at radius 3 is 2.05 bits per heavy atom. The zero-order chi connectivity index (χ0) is 28.1. The molecule has 39 heavy (non-hydrogen) atoms. The molecule has 2 aromatic rings. The number of hydrogen-bond donors (Lipinski definition) is 0. The summed E-state index contributed by atoms with van der Waals surface area (Å²) >= 11 is 0. The summed E-state index contributed by atoms with van der Waals surface area (Å²) in [6, 6.07) is 21.7. The van der Waals surface area contributed by atoms with Crippen molar-refractivity contribution in [2.75, 3.05) is 19.8 Å². The van der Waals surface area contributed by atoms with Crippen molar-refractivity contribution in [2.45, 2.75) is 103 Å². The molecular weight excluding hydrogens is 506 g/mol. The molecule has 214 valence electrons. The summed E-state index contributed by atoms with van der Waals surface area (Å²) in [5.74, 6) is -0.605. The molecule has 7 heteroatoms. The first kappa shape index (κ1) is 28.9. The summed E-state index contributed by atoms with van der Waals surface area (Å²) in [5.41, 5.74) is -0.216. The minimum atomic E-state index is -2.73. The van der Waals surface area contributed by atoms with E-state index in [4.69, 9.17) is 23.5 Å². The molecule has 0 saturated carbocycles. The maximum absolute atomic E-state index is 7.32. The molecule has 0 aliphatic carbocycles. The molecule has 0 amide bonds. The molecule has 6 nitrogen and oxygen atoms in total. The number of hydroxylamine groups is 2. The Labute approximate surface area is 236 Å². The van der Waals surface area contributed by atoms with Crippen LogP contribution in [0.25, 0.3) is 0 Å². The van der Waals surface area contributed by atoms with E-state index >= 15 is 0 Å². The van der Waals surface area contributed by atoms with Gasteiger partial charge in [0.05, 0.1) is 31.0 Å². The van der Waals surface area contributed by atoms with Gasteiger partial charge in [-0.25, -0.2) is 0 Å². The lowest BCUT2D eigenvalue weighted by molar-refractivity contribution is -0.259. The van der Waals surface area contributed by atoms with E-state index in [1.807, 2.05) is 13.8 Å². The minimum Gasteiger partial charge on any atom is -0.405 e. The number of fused-ring (bicyclic) bond motifs is 3. The Bertz CT molecular complexity index is 1060. The van der Waals surface area contributed by atoms with Crippen molar-refractivity contribution in [1.82, 2.24) is 5.06 Å². The molecule has 3 saturated heterocycles. The summed E-state index contributed by atoms with van der Waals surface area (Å²) in [4.78, 5) is 6.67. The van der Waals surface area contributed by atoms with Crippen LogP contribution in [0.5, 0.6) is 0 Å². The number of benzene rings is 2. The molecule has 0 N–H and O–H groups in total. The van der Waals surface area contributed by atoms with Gasteiger partial charge in [-0.15, -0.1) is 0 Å². The standard InChI is InChI=1S/C32H47NO5Si/c1-30(2,3)36-26-19-20-33-28(26)25-21-34-32(7,8)37-27(29(25)38-33)22-35-39(31(4,5)6,23-15-11-9-12-16-23)24-17-13-10-14-18-24/h9-18,25-29H,19-22H2,1-8H3/t25-,26+,27+,28+,29+/m1/s1. The van der Waals surface area contributed by atoms with E-state index in [1.54, 1.807) is 0 Å². The van der Waals surface area contributed by atoms with Crippen LogP contribution < -0.4 is 10.4 Å². The van der Waals surface area contributed by atoms with Gasteiger partial charge < -0.3 is 18.6 Å². The maximum Gasteiger partial charge on any atom is 0.261 e. The van der Waals surface area contributed by atoms with Crippen molar-refractivity contribution in [3.63, 3.8) is 0 Å². The van der Waals surface area contributed by atoms with Gasteiger partial charge in [0.2, 0.25) is 0 Å². The van der Waals surface area contributed by atoms with Gasteiger partial charge in [0, 0.05) is 12.5 Å². The third kappa shape index (κ3) is 5.78. The number of ether oxygens (including phenoxy) is 3. The van der Waals surface area contributed by atoms with E-state index in [1.165, 1.54) is 10.4 Å². The fraction of sp³-hybridized carbons (Fsp3) is 0.625. The smallest absolute Gasteiger partial charge is 0.261 e. The Kier molecular flexibility index (Phi) is 7.92. The van der Waals surface area contributed by atoms with E-state index in [-0.39, 0.29) is 40.9 Å². The lowest BCUT2D eigenvalue weighted by atomic mass is 9.89. The predicted octanol–water partition coefficient (Wildman–Crippen LogP) is 4.90. The lowest BCUT2D eigenvalue weighted by Gasteiger charge is -2.44. The summed E-state index contributed by atoms with van der Waals surface area (Å²) in [7, 11) is -2.73. The van der Waals surface area contributed by atoms with E-state index in [0.29, 0.717) is 13.2 Å². The highest BCUT2D eigenvalue weighted by Gasteiger charge is 2.58. The van der Waals surface area contributed by atoms with Gasteiger partial charge in [-0.1, -0.05) is 81.4 Å². The fourth-order valence-electron chi connectivity index (χ4n) is 6.78. The second-order valence-corrected chi connectivity index (χ2v) is 18.1. The van der Waals surface area contributed by atoms with Crippen LogP contribution in [0, 0.1) is 5.92 Å². The molecule has 0 bridgehead atoms. The quantitative estimate of drug-likeness (QED) is 0.474. The van der Waals surface area contributed by atoms with E-state index < -0.39 is 14.1 Å². The van der Waals surface area contributed by atoms with Gasteiger partial charge in [0.15, 0.2) is 5.79 Å². The Balaban J connectivity index is 1.48. The highest BCUT2D eigenvalue weighted by Crippen LogP contribution is 2.44. The van der Waals surface area contributed by atoms with Gasteiger partial charge in [0.25, 0.3) is 8.32 Å². The first-order valence-corrected chi connectivity index (χ1v) is 16.4. The highest BCUT2D eigenvalue weighted by atomic mass is 28.4. The first-order chi connectivity index (χ1) is 18.3. The molecule has 2 aromatic carbocycles. The summed E-state index contributed by atoms with van der Waals surface area (Å²) in [6.07, 6.45) is 0.609. The summed E-state index contributed by atoms with van der Waals surface area (Å²) in [5, 5.41) is 4.53. The van der Waals surface area contributed by atoms with Crippen LogP contribution in [0.3, 0.4) is 0 Å². The van der Waals surface area contributed by atoms with Crippen molar-refractivity contribution in [3.05, 3.63) is 60.7 Å². The molecule has 0 aromatic heterocycles. The zero-order valence-corrected chi connectivity index (χ0v) is 26.0. The van der Waals surface area contributed by atoms with Gasteiger partial charge in [-0.2, -0.15) is 5.06 Å². The van der Waals surface area contributed by atoms with Gasteiger partial charge in [-0.05, 0) is 56.5 Å². The average molecular weight is 554 g/mol. The van der Waals surface area contributed by atoms with E-state index in [0.717, 1.165) is 13.0 Å². The van der Waals surface area contributed by atoms with Crippen molar-refractivity contribution in [1.29, 1.82) is 0 Å². The van der Waals surface area contributed by atoms with Crippen LogP contribution in [0.15, 0.2) is 60.7 Å². The topological polar surface area (TPSA) is 49.4 Å². The first-order valence-electron chi connectivity index (χ1n) is 14.5. The van der Waals surface area contributed by atoms with Crippen molar-refractivity contribution in [3.8, 4) is 0 Å². The van der Waals surface area contributed by atoms with Crippen LogP contribution in [0.1, 0.15) is 61.8 Å². The number of rotatable bonds is 6. The Morgan fingerprint density at radius 2 is 1.51 bits per heavy atom. The number of nitrogens with zero attached hydrogens (tertiary/aromatic N) is 1. The Morgan fingerprint density at radius 1 is 0.923 bits per heavy atom. The van der Waals surface area contributed by atoms with Gasteiger partial charge in [-0.3, -0.25) is 4.84 Å². The highest BCUT2D eigenvalue weighted by molar-refractivity contribution is 6.99. The summed E-state index contributed by atoms with van der Waals surface area (Å²) in [6.45, 7) is 19.1. The normalized spacial score (nSPS) is 29.6. The van der Waals surface area contributed by atoms with Gasteiger partial charge >= 0.3 is 0 Å². The average Bonchev–Trinajstić information content (AvgIpc) is 3.38. The molecule has 0 spiro atoms.